The normalized spacial score (nSPS) is 11.0. The van der Waals surface area contributed by atoms with E-state index >= 15 is 0 Å². The Labute approximate surface area is 152 Å². The van der Waals surface area contributed by atoms with Crippen molar-refractivity contribution >= 4 is 28.3 Å². The minimum atomic E-state index is -0.242. The predicted molar refractivity (Wildman–Crippen MR) is 98.7 cm³/mol. The molecule has 0 bridgehead atoms. The topological polar surface area (TPSA) is 21.3 Å². The Hall–Kier alpha value is -1.10. The first-order chi connectivity index (χ1) is 10.3. The molecule has 2 aromatic carbocycles. The largest absolute Gasteiger partial charge is 0.488 e. The maximum absolute atomic E-state index is 13.7. The molecule has 5 heteroatoms. The molecule has 0 amide bonds. The molecular formula is C18H22BrClFNO. The molecule has 23 heavy (non-hydrogen) atoms. The molecule has 0 radical (unpaired) electrons. The molecule has 2 aromatic rings. The quantitative estimate of drug-likeness (QED) is 0.715. The highest BCUT2D eigenvalue weighted by molar-refractivity contribution is 9.10. The highest BCUT2D eigenvalue weighted by Gasteiger charge is 2.12. The predicted octanol–water partition coefficient (Wildman–Crippen LogP) is 5.48. The van der Waals surface area contributed by atoms with Crippen LogP contribution < -0.4 is 10.1 Å². The van der Waals surface area contributed by atoms with E-state index in [9.17, 15) is 4.39 Å². The molecule has 0 aliphatic carbocycles. The van der Waals surface area contributed by atoms with Crippen LogP contribution in [0.3, 0.4) is 0 Å². The Morgan fingerprint density at radius 1 is 1.09 bits per heavy atom. The molecule has 2 nitrogen and oxygen atoms in total. The summed E-state index contributed by atoms with van der Waals surface area (Å²) < 4.78 is 20.5. The van der Waals surface area contributed by atoms with Crippen LogP contribution in [0.5, 0.6) is 5.75 Å². The van der Waals surface area contributed by atoms with E-state index in [1.165, 1.54) is 6.07 Å². The first-order valence-corrected chi connectivity index (χ1v) is 8.04. The summed E-state index contributed by atoms with van der Waals surface area (Å²) in [5.41, 5.74) is 1.62. The first kappa shape index (κ1) is 19.9. The van der Waals surface area contributed by atoms with Gasteiger partial charge in [0.25, 0.3) is 0 Å². The molecule has 0 atom stereocenters. The Morgan fingerprint density at radius 2 is 1.78 bits per heavy atom. The second kappa shape index (κ2) is 8.67. The summed E-state index contributed by atoms with van der Waals surface area (Å²) in [6, 6.07) is 12.5. The summed E-state index contributed by atoms with van der Waals surface area (Å²) in [5.74, 6) is 0.525. The summed E-state index contributed by atoms with van der Waals surface area (Å²) >= 11 is 3.48. The molecule has 0 saturated carbocycles. The molecule has 126 valence electrons. The van der Waals surface area contributed by atoms with E-state index < -0.39 is 0 Å². The highest BCUT2D eigenvalue weighted by Crippen LogP contribution is 2.25. The summed E-state index contributed by atoms with van der Waals surface area (Å²) in [6.07, 6.45) is 0. The lowest BCUT2D eigenvalue weighted by atomic mass is 10.1. The third kappa shape index (κ3) is 6.50. The lowest BCUT2D eigenvalue weighted by Gasteiger charge is -2.22. The van der Waals surface area contributed by atoms with Crippen LogP contribution in [0.4, 0.5) is 4.39 Å². The monoisotopic (exact) mass is 401 g/mol. The fraction of sp³-hybridized carbons (Fsp3) is 0.333. The lowest BCUT2D eigenvalue weighted by molar-refractivity contribution is 0.294. The van der Waals surface area contributed by atoms with E-state index in [0.29, 0.717) is 12.1 Å². The van der Waals surface area contributed by atoms with E-state index in [4.69, 9.17) is 4.74 Å². The number of rotatable bonds is 5. The van der Waals surface area contributed by atoms with E-state index in [-0.39, 0.29) is 30.4 Å². The van der Waals surface area contributed by atoms with Gasteiger partial charge in [-0.3, -0.25) is 0 Å². The zero-order valence-corrected chi connectivity index (χ0v) is 15.9. The molecule has 0 saturated heterocycles. The average Bonchev–Trinajstić information content (AvgIpc) is 2.45. The summed E-state index contributed by atoms with van der Waals surface area (Å²) in [4.78, 5) is 0. The van der Waals surface area contributed by atoms with E-state index in [0.717, 1.165) is 15.8 Å². The molecule has 1 N–H and O–H groups in total. The number of halogens is 3. The standard InChI is InChI=1S/C18H21BrFNO.ClH/c1-18(2,3)21-11-14-10-15(19)8-9-17(14)22-12-13-6-4-5-7-16(13)20;/h4-10,21H,11-12H2,1-3H3;1H. The van der Waals surface area contributed by atoms with Crippen LogP contribution in [0.15, 0.2) is 46.9 Å². The van der Waals surface area contributed by atoms with Crippen molar-refractivity contribution in [2.75, 3.05) is 0 Å². The molecule has 2 rings (SSSR count). The molecule has 0 heterocycles. The van der Waals surface area contributed by atoms with Gasteiger partial charge in [0.2, 0.25) is 0 Å². The van der Waals surface area contributed by atoms with Gasteiger partial charge in [0, 0.05) is 27.7 Å². The van der Waals surface area contributed by atoms with Gasteiger partial charge >= 0.3 is 0 Å². The Morgan fingerprint density at radius 3 is 2.43 bits per heavy atom. The van der Waals surface area contributed by atoms with Gasteiger partial charge in [0.15, 0.2) is 0 Å². The number of benzene rings is 2. The van der Waals surface area contributed by atoms with Crippen molar-refractivity contribution < 1.29 is 9.13 Å². The van der Waals surface area contributed by atoms with Gasteiger partial charge < -0.3 is 10.1 Å². The van der Waals surface area contributed by atoms with Crippen molar-refractivity contribution in [3.05, 3.63) is 63.9 Å². The molecule has 0 aliphatic rings. The average molecular weight is 403 g/mol. The smallest absolute Gasteiger partial charge is 0.129 e. The van der Waals surface area contributed by atoms with Crippen molar-refractivity contribution in [2.24, 2.45) is 0 Å². The molecule has 0 fully saturated rings. The van der Waals surface area contributed by atoms with Crippen molar-refractivity contribution in [3.63, 3.8) is 0 Å². The molecular weight excluding hydrogens is 381 g/mol. The molecule has 0 aliphatic heterocycles. The van der Waals surface area contributed by atoms with E-state index in [2.05, 4.69) is 42.0 Å². The van der Waals surface area contributed by atoms with Gasteiger partial charge in [0.05, 0.1) is 0 Å². The molecule has 0 unspecified atom stereocenters. The lowest BCUT2D eigenvalue weighted by Crippen LogP contribution is -2.35. The number of hydrogen-bond acceptors (Lipinski definition) is 2. The van der Waals surface area contributed by atoms with Crippen molar-refractivity contribution in [1.82, 2.24) is 5.32 Å². The zero-order chi connectivity index (χ0) is 16.2. The van der Waals surface area contributed by atoms with Crippen molar-refractivity contribution in [3.8, 4) is 5.75 Å². The second-order valence-electron chi connectivity index (χ2n) is 6.24. The number of ether oxygens (including phenoxy) is 1. The number of nitrogens with one attached hydrogen (secondary N) is 1. The van der Waals surface area contributed by atoms with Gasteiger partial charge in [0.1, 0.15) is 18.2 Å². The van der Waals surface area contributed by atoms with Gasteiger partial charge in [-0.1, -0.05) is 34.1 Å². The minimum Gasteiger partial charge on any atom is -0.488 e. The summed E-state index contributed by atoms with van der Waals surface area (Å²) in [7, 11) is 0. The van der Waals surface area contributed by atoms with E-state index in [1.54, 1.807) is 12.1 Å². The van der Waals surface area contributed by atoms with Crippen molar-refractivity contribution in [2.45, 2.75) is 39.5 Å². The van der Waals surface area contributed by atoms with E-state index in [1.807, 2.05) is 24.3 Å². The Bertz CT molecular complexity index is 643. The van der Waals surface area contributed by atoms with Gasteiger partial charge in [-0.2, -0.15) is 0 Å². The van der Waals surface area contributed by atoms with Crippen LogP contribution >= 0.6 is 28.3 Å². The Kier molecular flexibility index (Phi) is 7.52. The van der Waals surface area contributed by atoms with Gasteiger partial charge in [-0.15, -0.1) is 12.4 Å². The van der Waals surface area contributed by atoms with Crippen LogP contribution in [-0.4, -0.2) is 5.54 Å². The van der Waals surface area contributed by atoms with Gasteiger partial charge in [-0.05, 0) is 45.0 Å². The molecule has 0 aromatic heterocycles. The second-order valence-corrected chi connectivity index (χ2v) is 7.15. The fourth-order valence-corrected chi connectivity index (χ4v) is 2.37. The fourth-order valence-electron chi connectivity index (χ4n) is 1.96. The molecule has 0 spiro atoms. The van der Waals surface area contributed by atoms with Crippen LogP contribution in [-0.2, 0) is 13.2 Å². The van der Waals surface area contributed by atoms with Crippen molar-refractivity contribution in [1.29, 1.82) is 0 Å². The maximum atomic E-state index is 13.7. The van der Waals surface area contributed by atoms with Crippen LogP contribution in [0.25, 0.3) is 0 Å². The summed E-state index contributed by atoms with van der Waals surface area (Å²) in [6.45, 7) is 7.26. The summed E-state index contributed by atoms with van der Waals surface area (Å²) in [5, 5.41) is 3.44. The van der Waals surface area contributed by atoms with Gasteiger partial charge in [-0.25, -0.2) is 4.39 Å². The van der Waals surface area contributed by atoms with Crippen LogP contribution in [0.1, 0.15) is 31.9 Å². The zero-order valence-electron chi connectivity index (χ0n) is 13.5. The number of hydrogen-bond donors (Lipinski definition) is 1. The maximum Gasteiger partial charge on any atom is 0.129 e. The third-order valence-electron chi connectivity index (χ3n) is 3.17. The third-order valence-corrected chi connectivity index (χ3v) is 3.67. The highest BCUT2D eigenvalue weighted by atomic mass is 79.9. The first-order valence-electron chi connectivity index (χ1n) is 7.25. The SMILES string of the molecule is CC(C)(C)NCc1cc(Br)ccc1OCc1ccccc1F.Cl. The Balaban J connectivity index is 0.00000264. The van der Waals surface area contributed by atoms with Crippen LogP contribution in [0.2, 0.25) is 0 Å². The minimum absolute atomic E-state index is 0. The van der Waals surface area contributed by atoms with Crippen LogP contribution in [0, 0.1) is 5.82 Å².